The molecule has 0 amide bonds. The summed E-state index contributed by atoms with van der Waals surface area (Å²) in [5, 5.41) is -7.02. The van der Waals surface area contributed by atoms with Crippen LogP contribution in [0.15, 0.2) is 48.5 Å². The highest BCUT2D eigenvalue weighted by Gasteiger charge is 2.52. The van der Waals surface area contributed by atoms with E-state index in [1.807, 2.05) is 0 Å². The third-order valence-electron chi connectivity index (χ3n) is 7.18. The molecule has 0 spiro atoms. The molecule has 0 heterocycles. The molecule has 0 nitrogen and oxygen atoms in total. The van der Waals surface area contributed by atoms with Crippen molar-refractivity contribution >= 4 is 43.1 Å². The highest BCUT2D eigenvalue weighted by Crippen LogP contribution is 2.53. The summed E-state index contributed by atoms with van der Waals surface area (Å²) in [7, 11) is 0. The Morgan fingerprint density at radius 3 is 0.674 bits per heavy atom. The highest BCUT2D eigenvalue weighted by molar-refractivity contribution is 6.23. The van der Waals surface area contributed by atoms with Gasteiger partial charge in [-0.2, -0.15) is 79.0 Å². The van der Waals surface area contributed by atoms with Gasteiger partial charge in [0, 0.05) is 0 Å². The Hall–Kier alpha value is -4.12. The summed E-state index contributed by atoms with van der Waals surface area (Å²) < 4.78 is 248. The van der Waals surface area contributed by atoms with Crippen LogP contribution in [0.25, 0.3) is 43.1 Å². The third-order valence-corrected chi connectivity index (χ3v) is 7.18. The molecule has 18 heteroatoms. The monoisotopic (exact) mass is 686 g/mol. The maximum Gasteiger partial charge on any atom is 0.417 e. The molecule has 0 saturated carbocycles. The van der Waals surface area contributed by atoms with E-state index in [2.05, 4.69) is 0 Å². The highest BCUT2D eigenvalue weighted by atomic mass is 19.4. The first-order chi connectivity index (χ1) is 20.6. The minimum atomic E-state index is -6.16. The lowest BCUT2D eigenvalue weighted by Crippen LogP contribution is -2.23. The average Bonchev–Trinajstić information content (AvgIpc) is 2.86. The van der Waals surface area contributed by atoms with Crippen LogP contribution in [-0.4, -0.2) is 0 Å². The van der Waals surface area contributed by atoms with Crippen molar-refractivity contribution in [2.45, 2.75) is 37.1 Å². The number of benzene rings is 5. The number of halogens is 18. The molecule has 5 aromatic carbocycles. The second-order valence-electron chi connectivity index (χ2n) is 9.91. The fraction of sp³-hybridized carbons (Fsp3) is 0.214. The van der Waals surface area contributed by atoms with E-state index < -0.39 is 114 Å². The van der Waals surface area contributed by atoms with Crippen molar-refractivity contribution < 1.29 is 79.0 Å². The van der Waals surface area contributed by atoms with Crippen LogP contribution >= 0.6 is 0 Å². The number of rotatable bonds is 0. The minimum absolute atomic E-state index is 0.221. The Labute approximate surface area is 241 Å². The summed E-state index contributed by atoms with van der Waals surface area (Å²) >= 11 is 0. The first-order valence-electron chi connectivity index (χ1n) is 12.0. The molecule has 0 saturated heterocycles. The Morgan fingerprint density at radius 2 is 0.457 bits per heavy atom. The lowest BCUT2D eigenvalue weighted by Gasteiger charge is -2.24. The molecule has 0 aliphatic rings. The number of hydrogen-bond acceptors (Lipinski definition) is 0. The summed E-state index contributed by atoms with van der Waals surface area (Å²) in [6, 6.07) is 2.80. The van der Waals surface area contributed by atoms with Gasteiger partial charge in [-0.3, -0.25) is 0 Å². The summed E-state index contributed by atoms with van der Waals surface area (Å²) in [6.07, 6.45) is -36.3. The normalized spacial score (nSPS) is 14.3. The van der Waals surface area contributed by atoms with Gasteiger partial charge in [0.2, 0.25) is 0 Å². The standard InChI is InChI=1S/C28H8F18/c29-23(30,31)17-7-15-11-1-2-12-10(9(11)3-5-13(15)19(25(35,36)37)21(17)27(41,42)43)4-6-14-16(12)8-18(24(32,33)34)22(28(44,45)46)20(14)26(38,39)40/h1-8H. The van der Waals surface area contributed by atoms with E-state index >= 15 is 0 Å². The quantitative estimate of drug-likeness (QED) is 0.112. The third kappa shape index (κ3) is 5.28. The molecule has 0 aromatic heterocycles. The molecule has 0 radical (unpaired) electrons. The molecule has 0 bridgehead atoms. The summed E-state index contributed by atoms with van der Waals surface area (Å²) in [5.41, 5.74) is -16.9. The predicted octanol–water partition coefficient (Wildman–Crippen LogP) is 12.4. The zero-order valence-electron chi connectivity index (χ0n) is 21.4. The predicted molar refractivity (Wildman–Crippen MR) is 126 cm³/mol. The molecule has 46 heavy (non-hydrogen) atoms. The van der Waals surface area contributed by atoms with Crippen molar-refractivity contribution in [1.29, 1.82) is 0 Å². The van der Waals surface area contributed by atoms with Crippen molar-refractivity contribution in [3.63, 3.8) is 0 Å². The first-order valence-corrected chi connectivity index (χ1v) is 12.0. The average molecular weight is 686 g/mol. The van der Waals surface area contributed by atoms with Gasteiger partial charge >= 0.3 is 37.1 Å². The van der Waals surface area contributed by atoms with Crippen LogP contribution in [0.2, 0.25) is 0 Å². The van der Waals surface area contributed by atoms with Crippen LogP contribution in [0.5, 0.6) is 0 Å². The Bertz CT molecular complexity index is 1900. The summed E-state index contributed by atoms with van der Waals surface area (Å²) in [6.45, 7) is 0. The van der Waals surface area contributed by atoms with E-state index in [1.54, 1.807) is 0 Å². The molecule has 246 valence electrons. The zero-order valence-corrected chi connectivity index (χ0v) is 21.4. The lowest BCUT2D eigenvalue weighted by atomic mass is 9.86. The van der Waals surface area contributed by atoms with Crippen molar-refractivity contribution in [2.24, 2.45) is 0 Å². The van der Waals surface area contributed by atoms with E-state index in [9.17, 15) is 79.0 Å². The van der Waals surface area contributed by atoms with Crippen LogP contribution in [0.3, 0.4) is 0 Å². The molecule has 0 unspecified atom stereocenters. The maximum atomic E-state index is 14.0. The molecule has 0 aliphatic heterocycles. The Kier molecular flexibility index (Phi) is 7.01. The van der Waals surface area contributed by atoms with E-state index in [4.69, 9.17) is 0 Å². The topological polar surface area (TPSA) is 0 Å². The minimum Gasteiger partial charge on any atom is -0.166 e. The first kappa shape index (κ1) is 33.2. The fourth-order valence-electron chi connectivity index (χ4n) is 5.61. The largest absolute Gasteiger partial charge is 0.417 e. The van der Waals surface area contributed by atoms with Crippen molar-refractivity contribution in [1.82, 2.24) is 0 Å². The second-order valence-corrected chi connectivity index (χ2v) is 9.91. The second kappa shape index (κ2) is 9.70. The van der Waals surface area contributed by atoms with Gasteiger partial charge in [0.25, 0.3) is 0 Å². The molecular formula is C28H8F18. The fourth-order valence-corrected chi connectivity index (χ4v) is 5.61. The maximum absolute atomic E-state index is 14.0. The van der Waals surface area contributed by atoms with Crippen LogP contribution < -0.4 is 0 Å². The van der Waals surface area contributed by atoms with E-state index in [0.717, 1.165) is 0 Å². The van der Waals surface area contributed by atoms with Gasteiger partial charge in [-0.15, -0.1) is 0 Å². The van der Waals surface area contributed by atoms with Gasteiger partial charge in [0.1, 0.15) is 0 Å². The van der Waals surface area contributed by atoms with E-state index in [-0.39, 0.29) is 12.1 Å². The Balaban J connectivity index is 2.02. The Morgan fingerprint density at radius 1 is 0.239 bits per heavy atom. The van der Waals surface area contributed by atoms with Gasteiger partial charge in [0.15, 0.2) is 0 Å². The molecule has 5 aromatic rings. The molecular weight excluding hydrogens is 678 g/mol. The number of hydrogen-bond donors (Lipinski definition) is 0. The molecule has 0 N–H and O–H groups in total. The summed E-state index contributed by atoms with van der Waals surface area (Å²) in [4.78, 5) is 0. The smallest absolute Gasteiger partial charge is 0.166 e. The van der Waals surface area contributed by atoms with Gasteiger partial charge in [0.05, 0.1) is 33.4 Å². The van der Waals surface area contributed by atoms with Crippen LogP contribution in [-0.2, 0) is 37.1 Å². The van der Waals surface area contributed by atoms with Crippen LogP contribution in [0.1, 0.15) is 33.4 Å². The van der Waals surface area contributed by atoms with Gasteiger partial charge in [-0.25, -0.2) is 0 Å². The van der Waals surface area contributed by atoms with E-state index in [0.29, 0.717) is 36.4 Å². The number of fused-ring (bicyclic) bond motifs is 7. The van der Waals surface area contributed by atoms with E-state index in [1.165, 1.54) is 0 Å². The van der Waals surface area contributed by atoms with Gasteiger partial charge in [-0.05, 0) is 55.2 Å². The van der Waals surface area contributed by atoms with Crippen LogP contribution in [0.4, 0.5) is 79.0 Å². The van der Waals surface area contributed by atoms with Crippen LogP contribution in [0, 0.1) is 0 Å². The van der Waals surface area contributed by atoms with Gasteiger partial charge < -0.3 is 0 Å². The van der Waals surface area contributed by atoms with Gasteiger partial charge in [-0.1, -0.05) is 36.4 Å². The SMILES string of the molecule is FC(F)(F)c1cc2c(ccc3c2ccc2c4cc(C(F)(F)F)c(C(F)(F)F)c(C(F)(F)F)c4ccc23)c(C(F)(F)F)c1C(F)(F)F. The number of alkyl halides is 18. The van der Waals surface area contributed by atoms with Crippen molar-refractivity contribution in [3.8, 4) is 0 Å². The van der Waals surface area contributed by atoms with Crippen molar-refractivity contribution in [3.05, 3.63) is 81.9 Å². The van der Waals surface area contributed by atoms with Crippen molar-refractivity contribution in [2.75, 3.05) is 0 Å². The molecule has 0 atom stereocenters. The molecule has 0 aliphatic carbocycles. The molecule has 5 rings (SSSR count). The lowest BCUT2D eigenvalue weighted by molar-refractivity contribution is -0.174. The summed E-state index contributed by atoms with van der Waals surface area (Å²) in [5.74, 6) is 0. The zero-order chi connectivity index (χ0) is 34.7. The molecule has 0 fully saturated rings.